The van der Waals surface area contributed by atoms with Crippen molar-refractivity contribution in [1.82, 2.24) is 15.0 Å². The van der Waals surface area contributed by atoms with Gasteiger partial charge in [-0.15, -0.1) is 0 Å². The lowest BCUT2D eigenvalue weighted by Crippen LogP contribution is -2.25. The third kappa shape index (κ3) is 5.37. The maximum Gasteiger partial charge on any atom is 0.164 e. The molecule has 0 spiro atoms. The zero-order valence-corrected chi connectivity index (χ0v) is 33.1. The molecule has 6 nitrogen and oxygen atoms in total. The van der Waals surface area contributed by atoms with Crippen molar-refractivity contribution >= 4 is 62.1 Å². The Morgan fingerprint density at radius 3 is 2.12 bits per heavy atom. The van der Waals surface area contributed by atoms with E-state index in [-0.39, 0.29) is 11.3 Å². The molecule has 7 aromatic carbocycles. The van der Waals surface area contributed by atoms with Gasteiger partial charge in [0.25, 0.3) is 0 Å². The summed E-state index contributed by atoms with van der Waals surface area (Å²) >= 11 is 0. The molecule has 0 bridgehead atoms. The highest BCUT2D eigenvalue weighted by molar-refractivity contribution is 6.12. The Morgan fingerprint density at radius 2 is 1.23 bits per heavy atom. The molecule has 1 unspecified atom stereocenters. The smallest absolute Gasteiger partial charge is 0.164 e. The molecule has 0 radical (unpaired) electrons. The zero-order chi connectivity index (χ0) is 40.0. The predicted octanol–water partition coefficient (Wildman–Crippen LogP) is 12.4. The summed E-state index contributed by atoms with van der Waals surface area (Å²) in [6.07, 6.45) is 5.17. The first-order chi connectivity index (χ1) is 29.5. The molecular formula is C54H38N4O2. The van der Waals surface area contributed by atoms with Gasteiger partial charge in [-0.1, -0.05) is 129 Å². The molecule has 2 aliphatic rings. The number of furan rings is 2. The topological polar surface area (TPSA) is 68.2 Å². The van der Waals surface area contributed by atoms with Crippen molar-refractivity contribution in [3.63, 3.8) is 0 Å². The minimum atomic E-state index is -0.123. The second kappa shape index (κ2) is 13.2. The predicted molar refractivity (Wildman–Crippen MR) is 242 cm³/mol. The summed E-state index contributed by atoms with van der Waals surface area (Å²) in [5.41, 5.74) is 13.5. The molecule has 0 amide bonds. The molecule has 12 rings (SSSR count). The van der Waals surface area contributed by atoms with Crippen LogP contribution in [0.1, 0.15) is 43.1 Å². The zero-order valence-electron chi connectivity index (χ0n) is 33.1. The Kier molecular flexibility index (Phi) is 7.60. The van der Waals surface area contributed by atoms with E-state index < -0.39 is 0 Å². The van der Waals surface area contributed by atoms with Crippen LogP contribution in [0.15, 0.2) is 173 Å². The van der Waals surface area contributed by atoms with Gasteiger partial charge >= 0.3 is 0 Å². The summed E-state index contributed by atoms with van der Waals surface area (Å²) in [5, 5.41) is 4.22. The van der Waals surface area contributed by atoms with E-state index in [1.807, 2.05) is 54.6 Å². The lowest BCUT2D eigenvalue weighted by molar-refractivity contribution is 0.568. The summed E-state index contributed by atoms with van der Waals surface area (Å²) < 4.78 is 13.1. The molecular weight excluding hydrogens is 737 g/mol. The molecule has 286 valence electrons. The summed E-state index contributed by atoms with van der Waals surface area (Å²) in [5.74, 6) is 1.85. The maximum atomic E-state index is 6.73. The van der Waals surface area contributed by atoms with E-state index in [1.165, 1.54) is 22.3 Å². The summed E-state index contributed by atoms with van der Waals surface area (Å²) in [6, 6.07) is 57.2. The van der Waals surface area contributed by atoms with Crippen LogP contribution in [-0.2, 0) is 5.41 Å². The molecule has 2 aliphatic carbocycles. The van der Waals surface area contributed by atoms with Crippen molar-refractivity contribution in [2.75, 3.05) is 4.90 Å². The van der Waals surface area contributed by atoms with Gasteiger partial charge in [0.15, 0.2) is 11.6 Å². The molecule has 6 heteroatoms. The highest BCUT2D eigenvalue weighted by atomic mass is 16.3. The third-order valence-electron chi connectivity index (χ3n) is 12.4. The van der Waals surface area contributed by atoms with Crippen LogP contribution in [0.3, 0.4) is 0 Å². The van der Waals surface area contributed by atoms with Gasteiger partial charge in [-0.05, 0) is 83.3 Å². The molecule has 3 heterocycles. The van der Waals surface area contributed by atoms with Crippen molar-refractivity contribution in [3.8, 4) is 33.9 Å². The van der Waals surface area contributed by atoms with Crippen LogP contribution >= 0.6 is 0 Å². The molecule has 1 atom stereocenters. The van der Waals surface area contributed by atoms with Gasteiger partial charge < -0.3 is 13.7 Å². The highest BCUT2D eigenvalue weighted by Crippen LogP contribution is 2.51. The average molecular weight is 775 g/mol. The van der Waals surface area contributed by atoms with Gasteiger partial charge in [0.05, 0.1) is 0 Å². The minimum Gasteiger partial charge on any atom is -0.456 e. The summed E-state index contributed by atoms with van der Waals surface area (Å²) in [7, 11) is 0. The fourth-order valence-electron chi connectivity index (χ4n) is 9.48. The number of anilines is 3. The molecule has 0 saturated heterocycles. The van der Waals surface area contributed by atoms with E-state index in [0.29, 0.717) is 17.5 Å². The lowest BCUT2D eigenvalue weighted by Gasteiger charge is -2.28. The fraction of sp³-hybridized carbons (Fsp3) is 0.0926. The number of rotatable bonds is 6. The standard InChI is InChI=1S/C54H38N4O2/c1-54(2)44-21-11-9-18-38(44)39-28-25-36(31-45(39)54)58(35-16-7-4-8-17-35)37-26-29-42-49(32-37)60-47-23-13-20-43(50(42)47)53-56-51(33-14-5-3-6-15-33)55-52(57-53)34-24-27-41-40-19-10-12-22-46(40)59-48(41)30-34/h3-23,25-32,34H,24H2,1-2H3. The highest BCUT2D eigenvalue weighted by Gasteiger charge is 2.36. The molecule has 0 fully saturated rings. The summed E-state index contributed by atoms with van der Waals surface area (Å²) in [4.78, 5) is 17.8. The Bertz CT molecular complexity index is 3460. The SMILES string of the molecule is CC1(C)c2ccccc2-c2ccc(N(c3ccccc3)c3ccc4c(c3)oc3cccc(-c5nc(-c6ccccc6)nc(C6C=c7oc8ccccc8c7=CC6)n5)c34)cc21. The molecule has 0 saturated carbocycles. The first-order valence-corrected chi connectivity index (χ1v) is 20.5. The Balaban J connectivity index is 0.994. The van der Waals surface area contributed by atoms with Crippen molar-refractivity contribution in [2.24, 2.45) is 0 Å². The van der Waals surface area contributed by atoms with Gasteiger partial charge in [0.2, 0.25) is 0 Å². The van der Waals surface area contributed by atoms with Gasteiger partial charge in [-0.25, -0.2) is 15.0 Å². The van der Waals surface area contributed by atoms with Gasteiger partial charge in [-0.3, -0.25) is 0 Å². The van der Waals surface area contributed by atoms with Gasteiger partial charge in [-0.2, -0.15) is 0 Å². The Morgan fingerprint density at radius 1 is 0.533 bits per heavy atom. The molecule has 60 heavy (non-hydrogen) atoms. The van der Waals surface area contributed by atoms with E-state index in [0.717, 1.165) is 78.2 Å². The molecule has 3 aromatic heterocycles. The van der Waals surface area contributed by atoms with Crippen LogP contribution in [0.4, 0.5) is 17.1 Å². The number of nitrogens with zero attached hydrogens (tertiary/aromatic N) is 4. The van der Waals surface area contributed by atoms with Crippen molar-refractivity contribution < 1.29 is 8.83 Å². The van der Waals surface area contributed by atoms with Gasteiger partial charge in [0.1, 0.15) is 28.0 Å². The maximum absolute atomic E-state index is 6.73. The Labute approximate surface area is 346 Å². The number of para-hydroxylation sites is 2. The van der Waals surface area contributed by atoms with Crippen LogP contribution in [0.5, 0.6) is 0 Å². The quantitative estimate of drug-likeness (QED) is 0.168. The van der Waals surface area contributed by atoms with E-state index in [4.69, 9.17) is 23.8 Å². The Hall–Kier alpha value is -7.57. The van der Waals surface area contributed by atoms with Crippen molar-refractivity contribution in [3.05, 3.63) is 191 Å². The molecule has 0 aliphatic heterocycles. The fourth-order valence-corrected chi connectivity index (χ4v) is 9.48. The van der Waals surface area contributed by atoms with Crippen molar-refractivity contribution in [2.45, 2.75) is 31.6 Å². The van der Waals surface area contributed by atoms with Crippen LogP contribution < -0.4 is 15.5 Å². The van der Waals surface area contributed by atoms with Gasteiger partial charge in [0, 0.05) is 67.0 Å². The molecule has 10 aromatic rings. The number of hydrogen-bond acceptors (Lipinski definition) is 6. The van der Waals surface area contributed by atoms with Crippen molar-refractivity contribution in [1.29, 1.82) is 0 Å². The number of aromatic nitrogens is 3. The van der Waals surface area contributed by atoms with E-state index in [9.17, 15) is 0 Å². The molecule has 0 N–H and O–H groups in total. The van der Waals surface area contributed by atoms with Crippen LogP contribution in [0.25, 0.3) is 79.0 Å². The van der Waals surface area contributed by atoms with E-state index in [2.05, 4.69) is 140 Å². The largest absolute Gasteiger partial charge is 0.456 e. The monoisotopic (exact) mass is 774 g/mol. The van der Waals surface area contributed by atoms with Crippen LogP contribution in [0, 0.1) is 0 Å². The number of fused-ring (bicyclic) bond motifs is 9. The minimum absolute atomic E-state index is 0.0898. The number of hydrogen-bond donors (Lipinski definition) is 0. The second-order valence-corrected chi connectivity index (χ2v) is 16.3. The second-order valence-electron chi connectivity index (χ2n) is 16.3. The van der Waals surface area contributed by atoms with E-state index in [1.54, 1.807) is 0 Å². The van der Waals surface area contributed by atoms with Crippen LogP contribution in [-0.4, -0.2) is 15.0 Å². The average Bonchev–Trinajstić information content (AvgIpc) is 3.94. The normalized spacial score (nSPS) is 15.0. The lowest BCUT2D eigenvalue weighted by atomic mass is 9.82. The third-order valence-corrected chi connectivity index (χ3v) is 12.4. The summed E-state index contributed by atoms with van der Waals surface area (Å²) in [6.45, 7) is 4.65. The first kappa shape index (κ1) is 34.5. The first-order valence-electron chi connectivity index (χ1n) is 20.5. The van der Waals surface area contributed by atoms with E-state index >= 15 is 0 Å². The van der Waals surface area contributed by atoms with Crippen LogP contribution in [0.2, 0.25) is 0 Å². The number of benzene rings is 7.